The molecule has 1 aliphatic rings. The van der Waals surface area contributed by atoms with Gasteiger partial charge in [-0.15, -0.1) is 10.2 Å². The van der Waals surface area contributed by atoms with Gasteiger partial charge in [0.1, 0.15) is 12.3 Å². The van der Waals surface area contributed by atoms with E-state index >= 15 is 0 Å². The van der Waals surface area contributed by atoms with Crippen LogP contribution >= 0.6 is 34.8 Å². The van der Waals surface area contributed by atoms with Crippen molar-refractivity contribution in [1.29, 1.82) is 0 Å². The largest absolute Gasteiger partial charge is 0.434 e. The van der Waals surface area contributed by atoms with Crippen molar-refractivity contribution in [1.82, 2.24) is 15.2 Å². The molecule has 1 aromatic carbocycles. The molecule has 0 fully saturated rings. The van der Waals surface area contributed by atoms with Crippen molar-refractivity contribution < 1.29 is 27.5 Å². The number of ether oxygens (including phenoxy) is 1. The molecule has 13 heteroatoms. The number of alkyl halides is 3. The van der Waals surface area contributed by atoms with E-state index in [1.54, 1.807) is 6.07 Å². The number of Topliss-reactive ketones (excluding diaryl/α,β-unsaturated/α-hetero) is 1. The quantitative estimate of drug-likeness (QED) is 0.503. The second kappa shape index (κ2) is 9.21. The van der Waals surface area contributed by atoms with Crippen LogP contribution in [0.25, 0.3) is 0 Å². The molecule has 0 radical (unpaired) electrons. The Morgan fingerprint density at radius 1 is 1.09 bits per heavy atom. The Labute approximate surface area is 195 Å². The number of hydrogen-bond donors (Lipinski definition) is 0. The standard InChI is InChI=1S/C19H14Cl3F3N4O3/c1-8(2)10-5-14(26-27-18(10)22)32-17-11(20)3-9(4-12(17)21)16-13(30)6-15(31)29(28-16)7-19(23,24)25/h3-5,8H,6-7H2,1-2H3. The van der Waals surface area contributed by atoms with E-state index in [0.717, 1.165) is 0 Å². The lowest BCUT2D eigenvalue weighted by molar-refractivity contribution is -0.162. The fraction of sp³-hybridized carbons (Fsp3) is 0.316. The molecule has 0 N–H and O–H groups in total. The van der Waals surface area contributed by atoms with E-state index in [-0.39, 0.29) is 49.0 Å². The molecule has 0 aliphatic carbocycles. The lowest BCUT2D eigenvalue weighted by Gasteiger charge is -2.24. The molecule has 0 saturated heterocycles. The third kappa shape index (κ3) is 5.48. The highest BCUT2D eigenvalue weighted by molar-refractivity contribution is 6.50. The SMILES string of the molecule is CC(C)c1cc(Oc2c(Cl)cc(C3=NN(CC(F)(F)F)C(=O)CC3=O)cc2Cl)nnc1Cl. The Hall–Kier alpha value is -2.43. The van der Waals surface area contributed by atoms with Gasteiger partial charge >= 0.3 is 6.18 Å². The zero-order valence-corrected chi connectivity index (χ0v) is 18.8. The summed E-state index contributed by atoms with van der Waals surface area (Å²) in [4.78, 5) is 24.0. The average Bonchev–Trinajstić information content (AvgIpc) is 2.66. The van der Waals surface area contributed by atoms with Crippen molar-refractivity contribution in [3.63, 3.8) is 0 Å². The fourth-order valence-electron chi connectivity index (χ4n) is 2.78. The highest BCUT2D eigenvalue weighted by Gasteiger charge is 2.37. The van der Waals surface area contributed by atoms with Crippen LogP contribution in [0.2, 0.25) is 15.2 Å². The number of carbonyl (C=O) groups excluding carboxylic acids is 2. The van der Waals surface area contributed by atoms with E-state index in [1.165, 1.54) is 12.1 Å². The third-order valence-electron chi connectivity index (χ3n) is 4.27. The van der Waals surface area contributed by atoms with Gasteiger partial charge in [0.2, 0.25) is 5.88 Å². The normalized spacial score (nSPS) is 14.8. The van der Waals surface area contributed by atoms with Gasteiger partial charge in [-0.2, -0.15) is 18.3 Å². The van der Waals surface area contributed by atoms with Crippen molar-refractivity contribution in [2.75, 3.05) is 6.54 Å². The van der Waals surface area contributed by atoms with Crippen molar-refractivity contribution in [2.24, 2.45) is 5.10 Å². The Morgan fingerprint density at radius 2 is 1.72 bits per heavy atom. The van der Waals surface area contributed by atoms with Crippen LogP contribution in [-0.2, 0) is 9.59 Å². The van der Waals surface area contributed by atoms with Gasteiger partial charge in [0, 0.05) is 11.6 Å². The minimum Gasteiger partial charge on any atom is -0.434 e. The molecule has 2 heterocycles. The van der Waals surface area contributed by atoms with Crippen molar-refractivity contribution >= 4 is 52.2 Å². The summed E-state index contributed by atoms with van der Waals surface area (Å²) in [7, 11) is 0. The maximum Gasteiger partial charge on any atom is 0.408 e. The maximum atomic E-state index is 12.7. The van der Waals surface area contributed by atoms with Crippen LogP contribution < -0.4 is 4.74 Å². The van der Waals surface area contributed by atoms with Crippen LogP contribution in [0.3, 0.4) is 0 Å². The van der Waals surface area contributed by atoms with Crippen LogP contribution in [0.4, 0.5) is 13.2 Å². The van der Waals surface area contributed by atoms with E-state index < -0.39 is 30.8 Å². The zero-order valence-electron chi connectivity index (χ0n) is 16.5. The first-order valence-corrected chi connectivity index (χ1v) is 10.2. The molecule has 3 rings (SSSR count). The molecule has 0 atom stereocenters. The molecule has 170 valence electrons. The third-order valence-corrected chi connectivity index (χ3v) is 5.12. The first-order chi connectivity index (χ1) is 14.9. The Bertz CT molecular complexity index is 1100. The minimum absolute atomic E-state index is 0.0181. The molecule has 1 amide bonds. The first kappa shape index (κ1) is 24.2. The molecular weight excluding hydrogens is 496 g/mol. The van der Waals surface area contributed by atoms with Gasteiger partial charge in [0.25, 0.3) is 5.91 Å². The molecular formula is C19H14Cl3F3N4O3. The number of halogens is 6. The van der Waals surface area contributed by atoms with E-state index in [0.29, 0.717) is 5.56 Å². The Balaban J connectivity index is 1.95. The molecule has 0 unspecified atom stereocenters. The summed E-state index contributed by atoms with van der Waals surface area (Å²) in [6, 6.07) is 4.05. The fourth-order valence-corrected chi connectivity index (χ4v) is 3.66. The number of amides is 1. The number of hydrazone groups is 1. The monoisotopic (exact) mass is 508 g/mol. The predicted molar refractivity (Wildman–Crippen MR) is 112 cm³/mol. The van der Waals surface area contributed by atoms with E-state index in [1.807, 2.05) is 13.8 Å². The summed E-state index contributed by atoms with van der Waals surface area (Å²) in [5.41, 5.74) is 0.330. The summed E-state index contributed by atoms with van der Waals surface area (Å²) in [5, 5.41) is 11.5. The summed E-state index contributed by atoms with van der Waals surface area (Å²) < 4.78 is 43.7. The number of carbonyl (C=O) groups is 2. The molecule has 2 aromatic rings. The van der Waals surface area contributed by atoms with Crippen molar-refractivity contribution in [2.45, 2.75) is 32.4 Å². The Kier molecular flexibility index (Phi) is 6.97. The number of nitrogens with zero attached hydrogens (tertiary/aromatic N) is 4. The van der Waals surface area contributed by atoms with Gasteiger partial charge in [-0.05, 0) is 23.6 Å². The molecule has 0 saturated carbocycles. The number of hydrogen-bond acceptors (Lipinski definition) is 6. The molecule has 32 heavy (non-hydrogen) atoms. The number of benzene rings is 1. The second-order valence-corrected chi connectivity index (χ2v) is 8.24. The van der Waals surface area contributed by atoms with E-state index in [4.69, 9.17) is 39.5 Å². The summed E-state index contributed by atoms with van der Waals surface area (Å²) >= 11 is 18.5. The zero-order chi connectivity index (χ0) is 23.8. The van der Waals surface area contributed by atoms with Crippen LogP contribution in [0, 0.1) is 0 Å². The maximum absolute atomic E-state index is 12.7. The summed E-state index contributed by atoms with van der Waals surface area (Å²) in [6.45, 7) is 2.17. The molecule has 1 aliphatic heterocycles. The predicted octanol–water partition coefficient (Wildman–Crippen LogP) is 5.42. The van der Waals surface area contributed by atoms with Gasteiger partial charge in [0.05, 0.1) is 16.5 Å². The summed E-state index contributed by atoms with van der Waals surface area (Å²) in [5.74, 6) is -1.75. The minimum atomic E-state index is -4.69. The van der Waals surface area contributed by atoms with Gasteiger partial charge in [-0.25, -0.2) is 5.01 Å². The van der Waals surface area contributed by atoms with E-state index in [2.05, 4.69) is 15.3 Å². The van der Waals surface area contributed by atoms with Crippen molar-refractivity contribution in [3.8, 4) is 11.6 Å². The first-order valence-electron chi connectivity index (χ1n) is 9.05. The van der Waals surface area contributed by atoms with Gasteiger partial charge < -0.3 is 4.74 Å². The smallest absolute Gasteiger partial charge is 0.408 e. The lowest BCUT2D eigenvalue weighted by atomic mass is 10.0. The van der Waals surface area contributed by atoms with Gasteiger partial charge in [0.15, 0.2) is 16.7 Å². The van der Waals surface area contributed by atoms with Crippen LogP contribution in [-0.4, -0.2) is 45.3 Å². The number of aromatic nitrogens is 2. The topological polar surface area (TPSA) is 84.8 Å². The molecule has 1 aromatic heterocycles. The lowest BCUT2D eigenvalue weighted by Crippen LogP contribution is -2.42. The molecule has 0 spiro atoms. The summed E-state index contributed by atoms with van der Waals surface area (Å²) in [6.07, 6.45) is -5.45. The second-order valence-electron chi connectivity index (χ2n) is 7.07. The van der Waals surface area contributed by atoms with Crippen LogP contribution in [0.1, 0.15) is 37.3 Å². The van der Waals surface area contributed by atoms with Gasteiger partial charge in [-0.1, -0.05) is 48.7 Å². The highest BCUT2D eigenvalue weighted by Crippen LogP contribution is 2.38. The number of ketones is 1. The Morgan fingerprint density at radius 3 is 2.28 bits per heavy atom. The van der Waals surface area contributed by atoms with Crippen LogP contribution in [0.15, 0.2) is 23.3 Å². The molecule has 7 nitrogen and oxygen atoms in total. The van der Waals surface area contributed by atoms with Crippen molar-refractivity contribution in [3.05, 3.63) is 44.5 Å². The van der Waals surface area contributed by atoms with Gasteiger partial charge in [-0.3, -0.25) is 9.59 Å². The average molecular weight is 510 g/mol. The van der Waals surface area contributed by atoms with E-state index in [9.17, 15) is 22.8 Å². The number of rotatable bonds is 5. The van der Waals surface area contributed by atoms with Crippen LogP contribution in [0.5, 0.6) is 11.6 Å². The highest BCUT2D eigenvalue weighted by atomic mass is 35.5. The molecule has 0 bridgehead atoms.